The Morgan fingerprint density at radius 3 is 2.76 bits per heavy atom. The van der Waals surface area contributed by atoms with E-state index in [1.165, 1.54) is 11.8 Å². The van der Waals surface area contributed by atoms with Crippen molar-refractivity contribution in [3.05, 3.63) is 65.0 Å². The normalized spacial score (nSPS) is 15.6. The highest BCUT2D eigenvalue weighted by Gasteiger charge is 2.31. The summed E-state index contributed by atoms with van der Waals surface area (Å²) in [6.07, 6.45) is 3.63. The molecule has 1 amide bonds. The molecule has 4 nitrogen and oxygen atoms in total. The van der Waals surface area contributed by atoms with Crippen LogP contribution in [-0.4, -0.2) is 23.4 Å². The Kier molecular flexibility index (Phi) is 5.73. The molecule has 2 heterocycles. The minimum atomic E-state index is -0.121. The largest absolute Gasteiger partial charge is 0.494 e. The fraction of sp³-hybridized carbons (Fsp3) is 0.158. The standard InChI is InChI=1S/C19H18N2O2S2/c1-3-11-25-19-20-17(13-16-6-5-12-24-16)18(22)21(19)14-7-9-15(10-8-14)23-4-2/h3,5-10,12-13H,1,4,11H2,2H3/b17-13-. The quantitative estimate of drug-likeness (QED) is 0.541. The molecule has 0 saturated heterocycles. The van der Waals surface area contributed by atoms with Crippen LogP contribution in [0.1, 0.15) is 11.8 Å². The molecular formula is C19H18N2O2S2. The van der Waals surface area contributed by atoms with E-state index in [0.717, 1.165) is 16.3 Å². The van der Waals surface area contributed by atoms with Crippen LogP contribution in [0.3, 0.4) is 0 Å². The van der Waals surface area contributed by atoms with Crippen molar-refractivity contribution in [3.8, 4) is 5.75 Å². The number of hydrogen-bond donors (Lipinski definition) is 0. The molecule has 2 aromatic rings. The molecular weight excluding hydrogens is 352 g/mol. The van der Waals surface area contributed by atoms with Crippen molar-refractivity contribution in [3.63, 3.8) is 0 Å². The number of amidine groups is 1. The van der Waals surface area contributed by atoms with Crippen LogP contribution >= 0.6 is 23.1 Å². The van der Waals surface area contributed by atoms with Gasteiger partial charge >= 0.3 is 0 Å². The van der Waals surface area contributed by atoms with Crippen molar-refractivity contribution >= 4 is 45.9 Å². The molecule has 25 heavy (non-hydrogen) atoms. The van der Waals surface area contributed by atoms with Crippen molar-refractivity contribution in [2.45, 2.75) is 6.92 Å². The Bertz CT molecular complexity index is 808. The molecule has 0 N–H and O–H groups in total. The maximum Gasteiger partial charge on any atom is 0.283 e. The number of rotatable bonds is 6. The Morgan fingerprint density at radius 2 is 2.12 bits per heavy atom. The molecule has 0 atom stereocenters. The van der Waals surface area contributed by atoms with Crippen LogP contribution in [0.2, 0.25) is 0 Å². The SMILES string of the molecule is C=CCSC1=N/C(=C\c2cccs2)C(=O)N1c1ccc(OCC)cc1. The third kappa shape index (κ3) is 4.03. The molecule has 1 aromatic heterocycles. The van der Waals surface area contributed by atoms with E-state index in [2.05, 4.69) is 11.6 Å². The average molecular weight is 370 g/mol. The molecule has 0 spiro atoms. The van der Waals surface area contributed by atoms with Gasteiger partial charge in [-0.3, -0.25) is 9.69 Å². The zero-order chi connectivity index (χ0) is 17.6. The number of carbonyl (C=O) groups is 1. The summed E-state index contributed by atoms with van der Waals surface area (Å²) in [5.74, 6) is 1.35. The minimum Gasteiger partial charge on any atom is -0.494 e. The van der Waals surface area contributed by atoms with E-state index in [1.807, 2.05) is 54.8 Å². The van der Waals surface area contributed by atoms with E-state index in [9.17, 15) is 4.79 Å². The molecule has 1 aromatic carbocycles. The lowest BCUT2D eigenvalue weighted by atomic mass is 10.2. The number of amides is 1. The number of anilines is 1. The molecule has 0 aliphatic carbocycles. The van der Waals surface area contributed by atoms with Gasteiger partial charge in [-0.05, 0) is 48.7 Å². The van der Waals surface area contributed by atoms with E-state index in [-0.39, 0.29) is 5.91 Å². The van der Waals surface area contributed by atoms with Crippen molar-refractivity contribution in [1.29, 1.82) is 0 Å². The first-order valence-electron chi connectivity index (χ1n) is 7.88. The first kappa shape index (κ1) is 17.5. The number of carbonyl (C=O) groups excluding carboxylic acids is 1. The van der Waals surface area contributed by atoms with Gasteiger partial charge in [0.05, 0.1) is 12.3 Å². The molecule has 0 fully saturated rings. The number of ether oxygens (including phenoxy) is 1. The third-order valence-corrected chi connectivity index (χ3v) is 5.14. The van der Waals surface area contributed by atoms with Crippen molar-refractivity contribution in [2.24, 2.45) is 4.99 Å². The number of benzene rings is 1. The second kappa shape index (κ2) is 8.18. The van der Waals surface area contributed by atoms with Crippen LogP contribution in [-0.2, 0) is 4.79 Å². The second-order valence-corrected chi connectivity index (χ2v) is 7.07. The maximum absolute atomic E-state index is 12.9. The predicted octanol–water partition coefficient (Wildman–Crippen LogP) is 4.81. The third-order valence-electron chi connectivity index (χ3n) is 3.39. The predicted molar refractivity (Wildman–Crippen MR) is 107 cm³/mol. The van der Waals surface area contributed by atoms with Crippen molar-refractivity contribution in [1.82, 2.24) is 0 Å². The summed E-state index contributed by atoms with van der Waals surface area (Å²) in [6, 6.07) is 11.4. The van der Waals surface area contributed by atoms with Gasteiger partial charge in [0.2, 0.25) is 0 Å². The molecule has 0 bridgehead atoms. The summed E-state index contributed by atoms with van der Waals surface area (Å²) in [5, 5.41) is 2.64. The highest BCUT2D eigenvalue weighted by Crippen LogP contribution is 2.31. The van der Waals surface area contributed by atoms with Gasteiger partial charge in [0.25, 0.3) is 5.91 Å². The van der Waals surface area contributed by atoms with E-state index in [4.69, 9.17) is 4.74 Å². The van der Waals surface area contributed by atoms with E-state index in [1.54, 1.807) is 22.3 Å². The van der Waals surface area contributed by atoms with Crippen LogP contribution in [0.5, 0.6) is 5.75 Å². The van der Waals surface area contributed by atoms with Gasteiger partial charge in [-0.1, -0.05) is 23.9 Å². The van der Waals surface area contributed by atoms with Gasteiger partial charge in [-0.25, -0.2) is 4.99 Å². The summed E-state index contributed by atoms with van der Waals surface area (Å²) >= 11 is 3.07. The van der Waals surface area contributed by atoms with Crippen LogP contribution in [0.25, 0.3) is 6.08 Å². The molecule has 1 aliphatic heterocycles. The Balaban J connectivity index is 1.91. The van der Waals surface area contributed by atoms with Gasteiger partial charge in [0.15, 0.2) is 5.17 Å². The molecule has 6 heteroatoms. The molecule has 1 aliphatic rings. The van der Waals surface area contributed by atoms with E-state index < -0.39 is 0 Å². The Labute approximate surface area is 155 Å². The topological polar surface area (TPSA) is 41.9 Å². The first-order valence-corrected chi connectivity index (χ1v) is 9.74. The van der Waals surface area contributed by atoms with Gasteiger partial charge < -0.3 is 4.74 Å². The molecule has 128 valence electrons. The molecule has 3 rings (SSSR count). The van der Waals surface area contributed by atoms with Crippen LogP contribution in [0, 0.1) is 0 Å². The van der Waals surface area contributed by atoms with E-state index >= 15 is 0 Å². The van der Waals surface area contributed by atoms with Gasteiger partial charge in [0.1, 0.15) is 11.4 Å². The minimum absolute atomic E-state index is 0.121. The zero-order valence-electron chi connectivity index (χ0n) is 13.8. The number of hydrogen-bond acceptors (Lipinski definition) is 5. The summed E-state index contributed by atoms with van der Waals surface area (Å²) in [7, 11) is 0. The fourth-order valence-electron chi connectivity index (χ4n) is 2.32. The van der Waals surface area contributed by atoms with Gasteiger partial charge in [-0.15, -0.1) is 17.9 Å². The molecule has 0 saturated carbocycles. The van der Waals surface area contributed by atoms with Gasteiger partial charge in [-0.2, -0.15) is 0 Å². The summed E-state index contributed by atoms with van der Waals surface area (Å²) < 4.78 is 5.47. The van der Waals surface area contributed by atoms with Crippen LogP contribution < -0.4 is 9.64 Å². The van der Waals surface area contributed by atoms with Gasteiger partial charge in [0, 0.05) is 10.6 Å². The van der Waals surface area contributed by atoms with Crippen LogP contribution in [0.4, 0.5) is 5.69 Å². The Morgan fingerprint density at radius 1 is 1.32 bits per heavy atom. The maximum atomic E-state index is 12.9. The molecule has 0 radical (unpaired) electrons. The number of nitrogens with zero attached hydrogens (tertiary/aromatic N) is 2. The fourth-order valence-corrected chi connectivity index (χ4v) is 3.72. The zero-order valence-corrected chi connectivity index (χ0v) is 15.5. The first-order chi connectivity index (χ1) is 12.2. The number of thiophene rings is 1. The van der Waals surface area contributed by atoms with Crippen molar-refractivity contribution in [2.75, 3.05) is 17.3 Å². The second-order valence-electron chi connectivity index (χ2n) is 5.11. The lowest BCUT2D eigenvalue weighted by Crippen LogP contribution is -2.30. The number of thioether (sulfide) groups is 1. The smallest absolute Gasteiger partial charge is 0.283 e. The summed E-state index contributed by atoms with van der Waals surface area (Å²) in [6.45, 7) is 6.29. The Hall–Kier alpha value is -2.31. The highest BCUT2D eigenvalue weighted by atomic mass is 32.2. The monoisotopic (exact) mass is 370 g/mol. The number of aliphatic imine (C=N–C) groups is 1. The highest BCUT2D eigenvalue weighted by molar-refractivity contribution is 8.14. The summed E-state index contributed by atoms with van der Waals surface area (Å²) in [4.78, 5) is 20.1. The van der Waals surface area contributed by atoms with Crippen LogP contribution in [0.15, 0.2) is 65.1 Å². The lowest BCUT2D eigenvalue weighted by molar-refractivity contribution is -0.113. The average Bonchev–Trinajstić information content (AvgIpc) is 3.23. The molecule has 0 unspecified atom stereocenters. The lowest BCUT2D eigenvalue weighted by Gasteiger charge is -2.17. The van der Waals surface area contributed by atoms with E-state index in [0.29, 0.717) is 23.2 Å². The van der Waals surface area contributed by atoms with Crippen molar-refractivity contribution < 1.29 is 9.53 Å². The summed E-state index contributed by atoms with van der Waals surface area (Å²) in [5.41, 5.74) is 1.22.